The van der Waals surface area contributed by atoms with Crippen molar-refractivity contribution in [3.05, 3.63) is 12.4 Å². The zero-order valence-corrected chi connectivity index (χ0v) is 12.9. The van der Waals surface area contributed by atoms with Gasteiger partial charge < -0.3 is 10.1 Å². The number of nitrogens with one attached hydrogen (secondary N) is 1. The van der Waals surface area contributed by atoms with E-state index < -0.39 is 5.54 Å². The van der Waals surface area contributed by atoms with Crippen molar-refractivity contribution in [2.45, 2.75) is 36.6 Å². The first-order valence-corrected chi connectivity index (χ1v) is 7.39. The largest absolute Gasteiger partial charge is 0.468 e. The fourth-order valence-corrected chi connectivity index (χ4v) is 2.73. The Morgan fingerprint density at radius 2 is 2.32 bits per heavy atom. The fourth-order valence-electron chi connectivity index (χ4n) is 1.80. The first-order chi connectivity index (χ1) is 9.01. The highest BCUT2D eigenvalue weighted by Crippen LogP contribution is 2.20. The van der Waals surface area contributed by atoms with Gasteiger partial charge in [0.05, 0.1) is 13.3 Å². The van der Waals surface area contributed by atoms with Crippen LogP contribution < -0.4 is 5.32 Å². The van der Waals surface area contributed by atoms with Crippen LogP contribution in [0.15, 0.2) is 17.3 Å². The zero-order valence-electron chi connectivity index (χ0n) is 12.1. The Morgan fingerprint density at radius 3 is 2.84 bits per heavy atom. The number of aromatic nitrogens is 2. The average molecular weight is 285 g/mol. The van der Waals surface area contributed by atoms with Crippen LogP contribution in [0.3, 0.4) is 0 Å². The van der Waals surface area contributed by atoms with E-state index in [1.165, 1.54) is 12.0 Å². The van der Waals surface area contributed by atoms with Gasteiger partial charge in [0.25, 0.3) is 0 Å². The number of nitrogens with zero attached hydrogens (tertiary/aromatic N) is 2. The van der Waals surface area contributed by atoms with Gasteiger partial charge >= 0.3 is 5.97 Å². The van der Waals surface area contributed by atoms with Gasteiger partial charge in [-0.3, -0.25) is 9.48 Å². The van der Waals surface area contributed by atoms with Crippen molar-refractivity contribution in [1.82, 2.24) is 15.1 Å². The number of likely N-dealkylation sites (N-methyl/N-ethyl adjacent to an activating group) is 1. The number of ether oxygens (including phenoxy) is 1. The Bertz CT molecular complexity index is 408. The summed E-state index contributed by atoms with van der Waals surface area (Å²) in [5, 5.41) is 7.17. The second kappa shape index (κ2) is 7.55. The van der Waals surface area contributed by atoms with E-state index in [-0.39, 0.29) is 5.97 Å². The number of methoxy groups -OCH3 is 1. The molecule has 0 aliphatic rings. The summed E-state index contributed by atoms with van der Waals surface area (Å²) in [6.07, 6.45) is 6.71. The fraction of sp³-hybridized carbons (Fsp3) is 0.692. The molecule has 1 heterocycles. The number of hydrogen-bond acceptors (Lipinski definition) is 5. The maximum atomic E-state index is 11.7. The van der Waals surface area contributed by atoms with Gasteiger partial charge in [-0.05, 0) is 32.6 Å². The second-order valence-corrected chi connectivity index (χ2v) is 5.90. The smallest absolute Gasteiger partial charge is 0.325 e. The van der Waals surface area contributed by atoms with E-state index in [0.717, 1.165) is 25.0 Å². The molecule has 0 saturated heterocycles. The molecule has 0 aromatic carbocycles. The summed E-state index contributed by atoms with van der Waals surface area (Å²) in [6, 6.07) is 0. The van der Waals surface area contributed by atoms with Crippen LogP contribution in [-0.2, 0) is 16.6 Å². The van der Waals surface area contributed by atoms with E-state index in [1.54, 1.807) is 23.5 Å². The molecule has 1 rings (SSSR count). The topological polar surface area (TPSA) is 56.2 Å². The van der Waals surface area contributed by atoms with Crippen molar-refractivity contribution in [2.75, 3.05) is 19.9 Å². The highest BCUT2D eigenvalue weighted by atomic mass is 32.2. The minimum Gasteiger partial charge on any atom is -0.468 e. The molecule has 1 aromatic heterocycles. The van der Waals surface area contributed by atoms with E-state index in [2.05, 4.69) is 10.4 Å². The number of thioether (sulfide) groups is 1. The Balaban J connectivity index is 2.24. The number of carbonyl (C=O) groups excluding carboxylic acids is 1. The molecule has 1 N–H and O–H groups in total. The molecular weight excluding hydrogens is 262 g/mol. The third-order valence-electron chi connectivity index (χ3n) is 3.21. The molecule has 0 saturated carbocycles. The highest BCUT2D eigenvalue weighted by molar-refractivity contribution is 7.99. The monoisotopic (exact) mass is 285 g/mol. The van der Waals surface area contributed by atoms with Crippen LogP contribution in [0.4, 0.5) is 0 Å². The second-order valence-electron chi connectivity index (χ2n) is 4.73. The summed E-state index contributed by atoms with van der Waals surface area (Å²) in [5.74, 6) is 0.835. The van der Waals surface area contributed by atoms with E-state index >= 15 is 0 Å². The molecule has 5 nitrogen and oxygen atoms in total. The van der Waals surface area contributed by atoms with Gasteiger partial charge in [0.2, 0.25) is 0 Å². The van der Waals surface area contributed by atoms with Crippen LogP contribution in [-0.4, -0.2) is 41.2 Å². The normalized spacial score (nSPS) is 14.1. The molecule has 6 heteroatoms. The van der Waals surface area contributed by atoms with E-state index in [1.807, 2.05) is 26.4 Å². The Kier molecular flexibility index (Phi) is 6.37. The molecule has 108 valence electrons. The number of hydrogen-bond donors (Lipinski definition) is 1. The van der Waals surface area contributed by atoms with Gasteiger partial charge in [-0.1, -0.05) is 6.42 Å². The third-order valence-corrected chi connectivity index (χ3v) is 4.25. The highest BCUT2D eigenvalue weighted by Gasteiger charge is 2.31. The molecule has 19 heavy (non-hydrogen) atoms. The first kappa shape index (κ1) is 16.0. The molecular formula is C13H23N3O2S. The quantitative estimate of drug-likeness (QED) is 0.449. The average Bonchev–Trinajstić information content (AvgIpc) is 2.82. The first-order valence-electron chi connectivity index (χ1n) is 6.40. The summed E-state index contributed by atoms with van der Waals surface area (Å²) in [4.78, 5) is 12.8. The van der Waals surface area contributed by atoms with Gasteiger partial charge in [-0.15, -0.1) is 11.8 Å². The Morgan fingerprint density at radius 1 is 1.58 bits per heavy atom. The lowest BCUT2D eigenvalue weighted by Crippen LogP contribution is -2.48. The Hall–Kier alpha value is -1.01. The summed E-state index contributed by atoms with van der Waals surface area (Å²) >= 11 is 1.79. The van der Waals surface area contributed by atoms with Crippen LogP contribution in [0.1, 0.15) is 26.2 Å². The van der Waals surface area contributed by atoms with Gasteiger partial charge in [0, 0.05) is 18.1 Å². The van der Waals surface area contributed by atoms with Crippen molar-refractivity contribution >= 4 is 17.7 Å². The lowest BCUT2D eigenvalue weighted by Gasteiger charge is -2.25. The standard InChI is InChI=1S/C13H23N3O2S/c1-13(14-2,12(17)18-4)7-5-6-8-19-11-9-15-16(3)10-11/h9-10,14H,5-8H2,1-4H3. The van der Waals surface area contributed by atoms with Gasteiger partial charge in [0.15, 0.2) is 0 Å². The summed E-state index contributed by atoms with van der Waals surface area (Å²) in [6.45, 7) is 1.88. The molecule has 1 aromatic rings. The predicted molar refractivity (Wildman–Crippen MR) is 77.3 cm³/mol. The molecule has 0 fully saturated rings. The molecule has 0 amide bonds. The number of rotatable bonds is 8. The number of esters is 1. The molecule has 0 spiro atoms. The molecule has 1 unspecified atom stereocenters. The Labute approximate surface area is 119 Å². The number of unbranched alkanes of at least 4 members (excludes halogenated alkanes) is 1. The SMILES string of the molecule is CNC(C)(CCCCSc1cnn(C)c1)C(=O)OC. The number of aryl methyl sites for hydroxylation is 1. The maximum absolute atomic E-state index is 11.7. The van der Waals surface area contributed by atoms with Crippen LogP contribution in [0, 0.1) is 0 Å². The summed E-state index contributed by atoms with van der Waals surface area (Å²) < 4.78 is 6.62. The van der Waals surface area contributed by atoms with Gasteiger partial charge in [0.1, 0.15) is 5.54 Å². The third kappa shape index (κ3) is 4.87. The minimum atomic E-state index is -0.576. The molecule has 0 radical (unpaired) electrons. The van der Waals surface area contributed by atoms with Crippen LogP contribution in [0.25, 0.3) is 0 Å². The van der Waals surface area contributed by atoms with Crippen molar-refractivity contribution in [1.29, 1.82) is 0 Å². The minimum absolute atomic E-state index is 0.199. The van der Waals surface area contributed by atoms with Crippen molar-refractivity contribution in [2.24, 2.45) is 7.05 Å². The van der Waals surface area contributed by atoms with E-state index in [4.69, 9.17) is 4.74 Å². The van der Waals surface area contributed by atoms with Gasteiger partial charge in [-0.25, -0.2) is 0 Å². The lowest BCUT2D eigenvalue weighted by atomic mass is 9.95. The lowest BCUT2D eigenvalue weighted by molar-refractivity contribution is -0.148. The molecule has 1 atom stereocenters. The van der Waals surface area contributed by atoms with Crippen molar-refractivity contribution in [3.63, 3.8) is 0 Å². The van der Waals surface area contributed by atoms with Gasteiger partial charge in [-0.2, -0.15) is 5.10 Å². The van der Waals surface area contributed by atoms with Crippen LogP contribution >= 0.6 is 11.8 Å². The maximum Gasteiger partial charge on any atom is 0.325 e. The molecule has 0 bridgehead atoms. The van der Waals surface area contributed by atoms with E-state index in [9.17, 15) is 4.79 Å². The summed E-state index contributed by atoms with van der Waals surface area (Å²) in [7, 11) is 5.14. The van der Waals surface area contributed by atoms with Crippen molar-refractivity contribution < 1.29 is 9.53 Å². The molecule has 0 aliphatic carbocycles. The predicted octanol–water partition coefficient (Wildman–Crippen LogP) is 1.83. The van der Waals surface area contributed by atoms with Crippen LogP contribution in [0.5, 0.6) is 0 Å². The van der Waals surface area contributed by atoms with Crippen molar-refractivity contribution in [3.8, 4) is 0 Å². The zero-order chi connectivity index (χ0) is 14.3. The number of carbonyl (C=O) groups is 1. The molecule has 0 aliphatic heterocycles. The van der Waals surface area contributed by atoms with E-state index in [0.29, 0.717) is 0 Å². The van der Waals surface area contributed by atoms with Crippen LogP contribution in [0.2, 0.25) is 0 Å². The summed E-state index contributed by atoms with van der Waals surface area (Å²) in [5.41, 5.74) is -0.576.